The van der Waals surface area contributed by atoms with Crippen LogP contribution in [0.1, 0.15) is 36.9 Å². The number of nitrogens with one attached hydrogen (secondary N) is 3. The van der Waals surface area contributed by atoms with Gasteiger partial charge in [0.25, 0.3) is 0 Å². The minimum Gasteiger partial charge on any atom is -0.441 e. The van der Waals surface area contributed by atoms with Crippen LogP contribution in [0, 0.1) is 11.3 Å². The van der Waals surface area contributed by atoms with E-state index in [0.29, 0.717) is 0 Å². The van der Waals surface area contributed by atoms with E-state index in [1.54, 1.807) is 13.8 Å². The van der Waals surface area contributed by atoms with Gasteiger partial charge in [-0.25, -0.2) is 19.2 Å². The summed E-state index contributed by atoms with van der Waals surface area (Å²) in [5, 5.41) is 21.3. The van der Waals surface area contributed by atoms with E-state index in [1.807, 2.05) is 6.07 Å². The monoisotopic (exact) mass is 512 g/mol. The van der Waals surface area contributed by atoms with E-state index in [-0.39, 0.29) is 47.0 Å². The second-order valence-corrected chi connectivity index (χ2v) is 8.04. The second-order valence-electron chi connectivity index (χ2n) is 8.04. The number of rotatable bonds is 7. The summed E-state index contributed by atoms with van der Waals surface area (Å²) in [6.45, 7) is 2.45. The second kappa shape index (κ2) is 9.95. The van der Waals surface area contributed by atoms with Gasteiger partial charge < -0.3 is 20.1 Å². The van der Waals surface area contributed by atoms with Gasteiger partial charge in [-0.05, 0) is 13.8 Å². The predicted molar refractivity (Wildman–Crippen MR) is 113 cm³/mol. The van der Waals surface area contributed by atoms with Crippen molar-refractivity contribution in [2.75, 3.05) is 11.9 Å². The lowest BCUT2D eigenvalue weighted by Crippen LogP contribution is -2.36. The number of aromatic nitrogens is 5. The van der Waals surface area contributed by atoms with Gasteiger partial charge in [0.15, 0.2) is 23.7 Å². The minimum atomic E-state index is -4.85. The van der Waals surface area contributed by atoms with Gasteiger partial charge in [0.2, 0.25) is 5.95 Å². The highest BCUT2D eigenvalue weighted by atomic mass is 19.4. The molecule has 192 valence electrons. The van der Waals surface area contributed by atoms with E-state index in [2.05, 4.69) is 35.5 Å². The Bertz CT molecular complexity index is 1280. The van der Waals surface area contributed by atoms with Gasteiger partial charge in [0.05, 0.1) is 30.8 Å². The molecule has 4 rings (SSSR count). The molecule has 0 aromatic carbocycles. The van der Waals surface area contributed by atoms with E-state index in [9.17, 15) is 27.6 Å². The minimum absolute atomic E-state index is 0.0219. The average molecular weight is 512 g/mol. The van der Waals surface area contributed by atoms with Crippen molar-refractivity contribution in [3.8, 4) is 6.07 Å². The molecule has 1 fully saturated rings. The SMILES string of the molecule is CC(C)NC(=O)O[C@H]1CO[C@@H](c2cc(Nc3ncc(C#N)c4nc(COC(F)(F)F)cn34)n[nH]2)[C@@H]1F. The van der Waals surface area contributed by atoms with E-state index in [1.165, 1.54) is 22.9 Å². The molecule has 12 nitrogen and oxygen atoms in total. The number of nitriles is 1. The number of alkyl carbamates (subject to hydrolysis) is 1. The highest BCUT2D eigenvalue weighted by molar-refractivity contribution is 5.67. The normalized spacial score (nSPS) is 20.0. The van der Waals surface area contributed by atoms with Crippen LogP contribution in [-0.4, -0.2) is 61.9 Å². The fourth-order valence-corrected chi connectivity index (χ4v) is 3.43. The van der Waals surface area contributed by atoms with Crippen LogP contribution in [0.5, 0.6) is 0 Å². The van der Waals surface area contributed by atoms with Crippen LogP contribution in [0.2, 0.25) is 0 Å². The van der Waals surface area contributed by atoms with Crippen LogP contribution in [0.15, 0.2) is 18.5 Å². The Morgan fingerprint density at radius 3 is 2.92 bits per heavy atom. The maximum Gasteiger partial charge on any atom is 0.522 e. The zero-order valence-corrected chi connectivity index (χ0v) is 18.8. The summed E-state index contributed by atoms with van der Waals surface area (Å²) < 4.78 is 67.6. The molecular formula is C20H20F4N8O4. The molecule has 0 saturated carbocycles. The van der Waals surface area contributed by atoms with E-state index < -0.39 is 37.4 Å². The number of aromatic amines is 1. The fraction of sp³-hybridized carbons (Fsp3) is 0.450. The molecule has 0 spiro atoms. The lowest BCUT2D eigenvalue weighted by Gasteiger charge is -2.16. The van der Waals surface area contributed by atoms with Gasteiger partial charge in [0, 0.05) is 18.3 Å². The van der Waals surface area contributed by atoms with Crippen LogP contribution in [0.25, 0.3) is 5.65 Å². The number of nitrogens with zero attached hydrogens (tertiary/aromatic N) is 5. The first-order valence-electron chi connectivity index (χ1n) is 10.6. The number of halogens is 4. The van der Waals surface area contributed by atoms with Crippen molar-refractivity contribution < 1.29 is 36.6 Å². The van der Waals surface area contributed by atoms with Gasteiger partial charge in [-0.15, -0.1) is 13.2 Å². The standard InChI is InChI=1S/C20H20F4N8O4/c1-9(2)27-19(33)36-13-8-34-16(15(13)21)12-3-14(31-30-12)29-18-26-5-10(4-25)17-28-11(6-32(17)18)7-35-20(22,23)24/h3,5-6,9,13,15-16H,7-8H2,1-2H3,(H,27,33)(H2,26,29,30,31)/t13-,15+,16-/m0/s1. The summed E-state index contributed by atoms with van der Waals surface area (Å²) in [5.74, 6) is 0.242. The zero-order valence-electron chi connectivity index (χ0n) is 18.8. The number of amides is 1. The van der Waals surface area contributed by atoms with Crippen molar-refractivity contribution in [1.29, 1.82) is 5.26 Å². The van der Waals surface area contributed by atoms with Gasteiger partial charge in [-0.2, -0.15) is 10.4 Å². The Balaban J connectivity index is 1.49. The van der Waals surface area contributed by atoms with E-state index in [0.717, 1.165) is 0 Å². The fourth-order valence-electron chi connectivity index (χ4n) is 3.43. The highest BCUT2D eigenvalue weighted by Crippen LogP contribution is 2.33. The highest BCUT2D eigenvalue weighted by Gasteiger charge is 2.42. The summed E-state index contributed by atoms with van der Waals surface area (Å²) in [6, 6.07) is 3.12. The maximum atomic E-state index is 14.9. The van der Waals surface area contributed by atoms with Gasteiger partial charge in [0.1, 0.15) is 17.7 Å². The molecule has 0 unspecified atom stereocenters. The molecule has 36 heavy (non-hydrogen) atoms. The molecule has 4 heterocycles. The number of hydrogen-bond acceptors (Lipinski definition) is 9. The van der Waals surface area contributed by atoms with Crippen LogP contribution < -0.4 is 10.6 Å². The molecule has 0 aliphatic carbocycles. The van der Waals surface area contributed by atoms with Crippen molar-refractivity contribution in [3.63, 3.8) is 0 Å². The lowest BCUT2D eigenvalue weighted by molar-refractivity contribution is -0.330. The first-order valence-corrected chi connectivity index (χ1v) is 10.6. The molecule has 1 saturated heterocycles. The summed E-state index contributed by atoms with van der Waals surface area (Å²) >= 11 is 0. The topological polar surface area (TPSA) is 151 Å². The van der Waals surface area contributed by atoms with Gasteiger partial charge >= 0.3 is 12.5 Å². The maximum absolute atomic E-state index is 14.9. The van der Waals surface area contributed by atoms with Crippen molar-refractivity contribution in [1.82, 2.24) is 29.9 Å². The number of anilines is 2. The predicted octanol–water partition coefficient (Wildman–Crippen LogP) is 3.02. The van der Waals surface area contributed by atoms with Crippen LogP contribution in [0.4, 0.5) is 34.1 Å². The Morgan fingerprint density at radius 2 is 2.22 bits per heavy atom. The average Bonchev–Trinajstić information content (AvgIpc) is 3.51. The molecule has 3 N–H and O–H groups in total. The number of carbonyl (C=O) groups is 1. The third-order valence-corrected chi connectivity index (χ3v) is 4.94. The molecule has 3 aromatic heterocycles. The van der Waals surface area contributed by atoms with Crippen LogP contribution in [0.3, 0.4) is 0 Å². The van der Waals surface area contributed by atoms with Crippen LogP contribution in [-0.2, 0) is 20.8 Å². The lowest BCUT2D eigenvalue weighted by atomic mass is 10.1. The Morgan fingerprint density at radius 1 is 1.44 bits per heavy atom. The molecule has 3 aromatic rings. The first-order chi connectivity index (χ1) is 17.0. The number of ether oxygens (including phenoxy) is 3. The third kappa shape index (κ3) is 5.63. The molecule has 1 aliphatic heterocycles. The van der Waals surface area contributed by atoms with E-state index >= 15 is 0 Å². The van der Waals surface area contributed by atoms with Crippen molar-refractivity contribution in [3.05, 3.63) is 35.4 Å². The summed E-state index contributed by atoms with van der Waals surface area (Å²) in [7, 11) is 0. The van der Waals surface area contributed by atoms with Crippen molar-refractivity contribution in [2.45, 2.75) is 51.2 Å². The molecule has 1 amide bonds. The first kappa shape index (κ1) is 25.1. The van der Waals surface area contributed by atoms with Gasteiger partial charge in [-0.3, -0.25) is 14.2 Å². The Labute approximate surface area is 200 Å². The molecule has 1 aliphatic rings. The number of H-pyrrole nitrogens is 1. The molecular weight excluding hydrogens is 492 g/mol. The number of hydrogen-bond donors (Lipinski definition) is 3. The van der Waals surface area contributed by atoms with Gasteiger partial charge in [-0.1, -0.05) is 0 Å². The largest absolute Gasteiger partial charge is 0.522 e. The molecule has 0 bridgehead atoms. The molecule has 0 radical (unpaired) electrons. The third-order valence-electron chi connectivity index (χ3n) is 4.94. The summed E-state index contributed by atoms with van der Waals surface area (Å²) in [6.07, 6.45) is -7.06. The summed E-state index contributed by atoms with van der Waals surface area (Å²) in [4.78, 5) is 19.9. The zero-order chi connectivity index (χ0) is 26.0. The molecule has 3 atom stereocenters. The van der Waals surface area contributed by atoms with Crippen molar-refractivity contribution in [2.24, 2.45) is 0 Å². The number of imidazole rings is 1. The molecule has 16 heteroatoms. The smallest absolute Gasteiger partial charge is 0.441 e. The quantitative estimate of drug-likeness (QED) is 0.406. The van der Waals surface area contributed by atoms with Crippen molar-refractivity contribution >= 4 is 23.5 Å². The van der Waals surface area contributed by atoms with E-state index in [4.69, 9.17) is 9.47 Å². The number of carbonyl (C=O) groups excluding carboxylic acids is 1. The number of fused-ring (bicyclic) bond motifs is 1. The Kier molecular flexibility index (Phi) is 6.95. The number of alkyl halides is 4. The summed E-state index contributed by atoms with van der Waals surface area (Å²) in [5.41, 5.74) is 0.229. The van der Waals surface area contributed by atoms with Crippen LogP contribution >= 0.6 is 0 Å². The Hall–Kier alpha value is -3.97.